The van der Waals surface area contributed by atoms with Crippen molar-refractivity contribution in [2.24, 2.45) is 5.92 Å². The summed E-state index contributed by atoms with van der Waals surface area (Å²) >= 11 is 0. The van der Waals surface area contributed by atoms with Crippen LogP contribution in [0.15, 0.2) is 46.9 Å². The van der Waals surface area contributed by atoms with Crippen LogP contribution in [0.25, 0.3) is 21.9 Å². The zero-order valence-electron chi connectivity index (χ0n) is 15.8. The monoisotopic (exact) mass is 381 g/mol. The molecule has 1 aromatic heterocycles. The lowest BCUT2D eigenvalue weighted by Gasteiger charge is -2.31. The number of carbonyl (C=O) groups is 2. The maximum Gasteiger partial charge on any atom is 0.310 e. The van der Waals surface area contributed by atoms with Gasteiger partial charge in [0.1, 0.15) is 16.9 Å². The molecule has 1 fully saturated rings. The van der Waals surface area contributed by atoms with Gasteiger partial charge in [0, 0.05) is 23.9 Å². The SMILES string of the molecule is CCOC(=O)[C@H]1CCCN(C(=O)COc2ccc3oc4ccccc4c3c2)C1. The molecule has 0 spiro atoms. The van der Waals surface area contributed by atoms with Crippen molar-refractivity contribution in [1.82, 2.24) is 4.90 Å². The van der Waals surface area contributed by atoms with E-state index in [1.807, 2.05) is 36.4 Å². The Morgan fingerprint density at radius 2 is 1.96 bits per heavy atom. The average molecular weight is 381 g/mol. The lowest BCUT2D eigenvalue weighted by Crippen LogP contribution is -2.44. The summed E-state index contributed by atoms with van der Waals surface area (Å²) in [5.41, 5.74) is 1.61. The number of amides is 1. The molecule has 28 heavy (non-hydrogen) atoms. The molecule has 1 saturated heterocycles. The van der Waals surface area contributed by atoms with Crippen molar-refractivity contribution in [3.05, 3.63) is 42.5 Å². The maximum atomic E-state index is 12.6. The Bertz CT molecular complexity index is 1010. The van der Waals surface area contributed by atoms with Crippen molar-refractivity contribution in [3.63, 3.8) is 0 Å². The molecule has 1 aliphatic rings. The summed E-state index contributed by atoms with van der Waals surface area (Å²) in [4.78, 5) is 26.2. The Morgan fingerprint density at radius 1 is 1.14 bits per heavy atom. The molecule has 1 amide bonds. The number of hydrogen-bond donors (Lipinski definition) is 0. The number of rotatable bonds is 5. The molecule has 0 N–H and O–H groups in total. The van der Waals surface area contributed by atoms with Crippen LogP contribution in [0.2, 0.25) is 0 Å². The van der Waals surface area contributed by atoms with Crippen LogP contribution in [0.4, 0.5) is 0 Å². The zero-order chi connectivity index (χ0) is 19.5. The van der Waals surface area contributed by atoms with Crippen LogP contribution in [0.3, 0.4) is 0 Å². The lowest BCUT2D eigenvalue weighted by molar-refractivity contribution is -0.151. The molecule has 2 aromatic carbocycles. The summed E-state index contributed by atoms with van der Waals surface area (Å²) in [6.07, 6.45) is 1.55. The molecule has 1 aliphatic heterocycles. The Balaban J connectivity index is 1.41. The van der Waals surface area contributed by atoms with Gasteiger partial charge in [-0.05, 0) is 44.0 Å². The molecular weight excluding hydrogens is 358 g/mol. The first kappa shape index (κ1) is 18.3. The van der Waals surface area contributed by atoms with Crippen LogP contribution in [0.1, 0.15) is 19.8 Å². The van der Waals surface area contributed by atoms with E-state index < -0.39 is 0 Å². The standard InChI is InChI=1S/C22H23NO5/c1-2-26-22(25)15-6-5-11-23(13-15)21(24)14-27-16-9-10-20-18(12-16)17-7-3-4-8-19(17)28-20/h3-4,7-10,12,15H,2,5-6,11,13-14H2,1H3/t15-/m0/s1. The van der Waals surface area contributed by atoms with Crippen LogP contribution in [-0.2, 0) is 14.3 Å². The molecule has 0 radical (unpaired) electrons. The van der Waals surface area contributed by atoms with E-state index in [1.165, 1.54) is 0 Å². The smallest absolute Gasteiger partial charge is 0.310 e. The van der Waals surface area contributed by atoms with Gasteiger partial charge in [-0.25, -0.2) is 0 Å². The summed E-state index contributed by atoms with van der Waals surface area (Å²) in [5, 5.41) is 1.98. The highest BCUT2D eigenvalue weighted by molar-refractivity contribution is 6.05. The fraction of sp³-hybridized carbons (Fsp3) is 0.364. The van der Waals surface area contributed by atoms with Gasteiger partial charge in [0.15, 0.2) is 6.61 Å². The van der Waals surface area contributed by atoms with Crippen LogP contribution in [0, 0.1) is 5.92 Å². The van der Waals surface area contributed by atoms with Crippen molar-refractivity contribution >= 4 is 33.8 Å². The molecule has 2 heterocycles. The van der Waals surface area contributed by atoms with Gasteiger partial charge in [-0.2, -0.15) is 0 Å². The number of likely N-dealkylation sites (tertiary alicyclic amines) is 1. The maximum absolute atomic E-state index is 12.6. The predicted octanol–water partition coefficient (Wildman–Crippen LogP) is 3.77. The summed E-state index contributed by atoms with van der Waals surface area (Å²) in [5.74, 6) is 0.0296. The van der Waals surface area contributed by atoms with Crippen molar-refractivity contribution < 1.29 is 23.5 Å². The van der Waals surface area contributed by atoms with E-state index in [2.05, 4.69) is 0 Å². The van der Waals surface area contributed by atoms with Crippen LogP contribution < -0.4 is 4.74 Å². The van der Waals surface area contributed by atoms with Crippen molar-refractivity contribution in [2.75, 3.05) is 26.3 Å². The van der Waals surface area contributed by atoms with Crippen molar-refractivity contribution in [1.29, 1.82) is 0 Å². The van der Waals surface area contributed by atoms with E-state index in [0.717, 1.165) is 34.8 Å². The zero-order valence-corrected chi connectivity index (χ0v) is 15.8. The number of benzene rings is 2. The molecule has 1 atom stereocenters. The van der Waals surface area contributed by atoms with E-state index in [0.29, 0.717) is 25.4 Å². The Kier molecular flexibility index (Phi) is 5.19. The first-order chi connectivity index (χ1) is 13.7. The summed E-state index contributed by atoms with van der Waals surface area (Å²) in [6, 6.07) is 13.4. The minimum absolute atomic E-state index is 0.0587. The first-order valence-corrected chi connectivity index (χ1v) is 9.64. The van der Waals surface area contributed by atoms with Crippen LogP contribution >= 0.6 is 0 Å². The third-order valence-corrected chi connectivity index (χ3v) is 5.10. The largest absolute Gasteiger partial charge is 0.484 e. The number of fused-ring (bicyclic) bond motifs is 3. The highest BCUT2D eigenvalue weighted by Crippen LogP contribution is 2.31. The minimum atomic E-state index is -0.244. The number of nitrogens with zero attached hydrogens (tertiary/aromatic N) is 1. The van der Waals surface area contributed by atoms with Gasteiger partial charge >= 0.3 is 5.97 Å². The lowest BCUT2D eigenvalue weighted by atomic mass is 9.98. The first-order valence-electron chi connectivity index (χ1n) is 9.64. The Labute approximate surface area is 163 Å². The van der Waals surface area contributed by atoms with Crippen LogP contribution in [-0.4, -0.2) is 43.1 Å². The van der Waals surface area contributed by atoms with Crippen molar-refractivity contribution in [3.8, 4) is 5.75 Å². The highest BCUT2D eigenvalue weighted by atomic mass is 16.5. The quantitative estimate of drug-likeness (QED) is 0.630. The number of esters is 1. The highest BCUT2D eigenvalue weighted by Gasteiger charge is 2.29. The molecule has 0 saturated carbocycles. The van der Waals surface area contributed by atoms with E-state index in [1.54, 1.807) is 17.9 Å². The third-order valence-electron chi connectivity index (χ3n) is 5.10. The molecule has 4 rings (SSSR count). The van der Waals surface area contributed by atoms with Gasteiger partial charge in [-0.1, -0.05) is 18.2 Å². The fourth-order valence-corrected chi connectivity index (χ4v) is 3.69. The molecule has 6 heteroatoms. The van der Waals surface area contributed by atoms with E-state index in [9.17, 15) is 9.59 Å². The average Bonchev–Trinajstić information content (AvgIpc) is 3.10. The number of para-hydroxylation sites is 1. The fourth-order valence-electron chi connectivity index (χ4n) is 3.69. The summed E-state index contributed by atoms with van der Waals surface area (Å²) < 4.78 is 16.6. The molecule has 0 unspecified atom stereocenters. The van der Waals surface area contributed by atoms with Gasteiger partial charge in [0.05, 0.1) is 12.5 Å². The molecule has 6 nitrogen and oxygen atoms in total. The Hall–Kier alpha value is -3.02. The molecule has 0 aliphatic carbocycles. The molecule has 146 valence electrons. The number of piperidine rings is 1. The Morgan fingerprint density at radius 3 is 2.82 bits per heavy atom. The van der Waals surface area contributed by atoms with E-state index >= 15 is 0 Å². The van der Waals surface area contributed by atoms with Gasteiger partial charge in [0.25, 0.3) is 5.91 Å². The molecule has 3 aromatic rings. The number of carbonyl (C=O) groups excluding carboxylic acids is 2. The van der Waals surface area contributed by atoms with Gasteiger partial charge in [-0.3, -0.25) is 9.59 Å². The van der Waals surface area contributed by atoms with Crippen molar-refractivity contribution in [2.45, 2.75) is 19.8 Å². The van der Waals surface area contributed by atoms with Crippen LogP contribution in [0.5, 0.6) is 5.75 Å². The predicted molar refractivity (Wildman–Crippen MR) is 105 cm³/mol. The van der Waals surface area contributed by atoms with Gasteiger partial charge in [-0.15, -0.1) is 0 Å². The second kappa shape index (κ2) is 7.92. The third kappa shape index (κ3) is 3.67. The molecule has 0 bridgehead atoms. The van der Waals surface area contributed by atoms with Gasteiger partial charge in [0.2, 0.25) is 0 Å². The topological polar surface area (TPSA) is 69.0 Å². The van der Waals surface area contributed by atoms with E-state index in [4.69, 9.17) is 13.9 Å². The normalized spacial score (nSPS) is 17.0. The van der Waals surface area contributed by atoms with E-state index in [-0.39, 0.29) is 24.4 Å². The molecular formula is C22H23NO5. The number of furan rings is 1. The second-order valence-electron chi connectivity index (χ2n) is 6.98. The summed E-state index contributed by atoms with van der Waals surface area (Å²) in [6.45, 7) is 3.13. The number of ether oxygens (including phenoxy) is 2. The minimum Gasteiger partial charge on any atom is -0.484 e. The second-order valence-corrected chi connectivity index (χ2v) is 6.98. The van der Waals surface area contributed by atoms with Gasteiger partial charge < -0.3 is 18.8 Å². The summed E-state index contributed by atoms with van der Waals surface area (Å²) in [7, 11) is 0. The number of hydrogen-bond acceptors (Lipinski definition) is 5.